The van der Waals surface area contributed by atoms with Gasteiger partial charge in [-0.2, -0.15) is 14.6 Å². The lowest BCUT2D eigenvalue weighted by molar-refractivity contribution is -0.124. The molecule has 0 radical (unpaired) electrons. The molecule has 8 heteroatoms. The SMILES string of the molecule is CC(C(=O)N/N=C/c1ccc(F)s1)n1cc(Br)cn1. The van der Waals surface area contributed by atoms with Gasteiger partial charge in [0.2, 0.25) is 0 Å². The van der Waals surface area contributed by atoms with Gasteiger partial charge in [0.25, 0.3) is 5.91 Å². The third-order valence-electron chi connectivity index (χ3n) is 2.31. The molecule has 1 amide bonds. The Morgan fingerprint density at radius 2 is 2.47 bits per heavy atom. The molecule has 100 valence electrons. The number of rotatable bonds is 4. The van der Waals surface area contributed by atoms with Crippen LogP contribution in [0.15, 0.2) is 34.1 Å². The largest absolute Gasteiger partial charge is 0.271 e. The molecule has 1 N–H and O–H groups in total. The Morgan fingerprint density at radius 3 is 3.05 bits per heavy atom. The molecule has 2 aromatic rings. The molecule has 0 saturated carbocycles. The summed E-state index contributed by atoms with van der Waals surface area (Å²) in [7, 11) is 0. The Labute approximate surface area is 121 Å². The van der Waals surface area contributed by atoms with E-state index in [0.29, 0.717) is 4.88 Å². The summed E-state index contributed by atoms with van der Waals surface area (Å²) in [5.41, 5.74) is 2.39. The van der Waals surface area contributed by atoms with Crippen molar-refractivity contribution in [2.45, 2.75) is 13.0 Å². The van der Waals surface area contributed by atoms with Crippen molar-refractivity contribution in [1.29, 1.82) is 0 Å². The lowest BCUT2D eigenvalue weighted by Gasteiger charge is -2.09. The van der Waals surface area contributed by atoms with Crippen LogP contribution in [0.2, 0.25) is 0 Å². The molecule has 0 fully saturated rings. The lowest BCUT2D eigenvalue weighted by atomic mass is 10.3. The monoisotopic (exact) mass is 344 g/mol. The molecule has 5 nitrogen and oxygen atoms in total. The third-order valence-corrected chi connectivity index (χ3v) is 3.52. The molecule has 0 saturated heterocycles. The Morgan fingerprint density at radius 1 is 1.68 bits per heavy atom. The van der Waals surface area contributed by atoms with Gasteiger partial charge < -0.3 is 0 Å². The fourth-order valence-corrected chi connectivity index (χ4v) is 2.20. The zero-order chi connectivity index (χ0) is 13.8. The highest BCUT2D eigenvalue weighted by Crippen LogP contribution is 2.12. The number of nitrogens with zero attached hydrogens (tertiary/aromatic N) is 3. The fraction of sp³-hybridized carbons (Fsp3) is 0.182. The molecule has 2 rings (SSSR count). The average molecular weight is 345 g/mol. The van der Waals surface area contributed by atoms with E-state index in [1.54, 1.807) is 25.4 Å². The molecule has 0 aliphatic rings. The second-order valence-electron chi connectivity index (χ2n) is 3.69. The summed E-state index contributed by atoms with van der Waals surface area (Å²) >= 11 is 4.21. The van der Waals surface area contributed by atoms with Crippen LogP contribution in [0.3, 0.4) is 0 Å². The molecule has 0 aliphatic heterocycles. The van der Waals surface area contributed by atoms with Gasteiger partial charge in [-0.15, -0.1) is 11.3 Å². The van der Waals surface area contributed by atoms with E-state index in [0.717, 1.165) is 15.8 Å². The minimum Gasteiger partial charge on any atom is -0.271 e. The van der Waals surface area contributed by atoms with E-state index < -0.39 is 6.04 Å². The van der Waals surface area contributed by atoms with E-state index in [4.69, 9.17) is 0 Å². The van der Waals surface area contributed by atoms with Crippen molar-refractivity contribution < 1.29 is 9.18 Å². The van der Waals surface area contributed by atoms with E-state index in [-0.39, 0.29) is 11.0 Å². The molecule has 0 spiro atoms. The molecule has 2 heterocycles. The van der Waals surface area contributed by atoms with Gasteiger partial charge in [-0.05, 0) is 35.0 Å². The van der Waals surface area contributed by atoms with Crippen molar-refractivity contribution in [1.82, 2.24) is 15.2 Å². The number of halogens is 2. The summed E-state index contributed by atoms with van der Waals surface area (Å²) in [4.78, 5) is 12.4. The number of nitrogens with one attached hydrogen (secondary N) is 1. The Balaban J connectivity index is 1.92. The first-order valence-corrected chi connectivity index (χ1v) is 6.95. The first-order valence-electron chi connectivity index (χ1n) is 5.34. The maximum Gasteiger partial charge on any atom is 0.264 e. The van der Waals surface area contributed by atoms with Gasteiger partial charge in [-0.3, -0.25) is 9.48 Å². The van der Waals surface area contributed by atoms with Gasteiger partial charge in [0, 0.05) is 6.20 Å². The Kier molecular flexibility index (Phi) is 4.43. The van der Waals surface area contributed by atoms with Gasteiger partial charge in [0.15, 0.2) is 5.13 Å². The smallest absolute Gasteiger partial charge is 0.264 e. The zero-order valence-electron chi connectivity index (χ0n) is 9.88. The van der Waals surface area contributed by atoms with E-state index in [1.165, 1.54) is 17.0 Å². The van der Waals surface area contributed by atoms with Crippen molar-refractivity contribution >= 4 is 39.4 Å². The summed E-state index contributed by atoms with van der Waals surface area (Å²) in [5.74, 6) is -0.302. The van der Waals surface area contributed by atoms with Crippen LogP contribution in [0, 0.1) is 5.13 Å². The van der Waals surface area contributed by atoms with Crippen LogP contribution in [0.25, 0.3) is 0 Å². The first-order chi connectivity index (χ1) is 9.06. The van der Waals surface area contributed by atoms with Crippen LogP contribution < -0.4 is 5.43 Å². The topological polar surface area (TPSA) is 59.3 Å². The number of hydrogen-bond acceptors (Lipinski definition) is 4. The Hall–Kier alpha value is -1.54. The predicted octanol–water partition coefficient (Wildman–Crippen LogP) is 2.56. The van der Waals surface area contributed by atoms with Crippen LogP contribution in [0.4, 0.5) is 4.39 Å². The zero-order valence-corrected chi connectivity index (χ0v) is 12.3. The second-order valence-corrected chi connectivity index (χ2v) is 5.67. The maximum absolute atomic E-state index is 12.7. The normalized spacial score (nSPS) is 12.8. The van der Waals surface area contributed by atoms with Gasteiger partial charge in [0.05, 0.1) is 21.8 Å². The molecular weight excluding hydrogens is 335 g/mol. The van der Waals surface area contributed by atoms with Crippen molar-refractivity contribution in [2.75, 3.05) is 0 Å². The summed E-state index contributed by atoms with van der Waals surface area (Å²) in [6, 6.07) is 2.45. The summed E-state index contributed by atoms with van der Waals surface area (Å²) < 4.78 is 15.0. The second kappa shape index (κ2) is 6.07. The first kappa shape index (κ1) is 13.9. The van der Waals surface area contributed by atoms with Crippen molar-refractivity contribution in [2.24, 2.45) is 5.10 Å². The van der Waals surface area contributed by atoms with Crippen LogP contribution in [0.1, 0.15) is 17.8 Å². The highest BCUT2D eigenvalue weighted by atomic mass is 79.9. The fourth-order valence-electron chi connectivity index (χ4n) is 1.30. The highest BCUT2D eigenvalue weighted by molar-refractivity contribution is 9.10. The molecule has 1 unspecified atom stereocenters. The summed E-state index contributed by atoms with van der Waals surface area (Å²) in [5, 5.41) is 7.50. The van der Waals surface area contributed by atoms with E-state index in [2.05, 4.69) is 31.6 Å². The number of hydrazone groups is 1. The number of amides is 1. The number of aromatic nitrogens is 2. The minimum atomic E-state index is -0.483. The predicted molar refractivity (Wildman–Crippen MR) is 74.7 cm³/mol. The molecule has 1 atom stereocenters. The van der Waals surface area contributed by atoms with Crippen molar-refractivity contribution in [3.8, 4) is 0 Å². The maximum atomic E-state index is 12.7. The third kappa shape index (κ3) is 3.71. The van der Waals surface area contributed by atoms with Gasteiger partial charge in [-0.25, -0.2) is 5.43 Å². The molecule has 19 heavy (non-hydrogen) atoms. The Bertz CT molecular complexity index is 609. The van der Waals surface area contributed by atoms with Crippen LogP contribution in [-0.4, -0.2) is 21.9 Å². The molecule has 0 bridgehead atoms. The molecule has 2 aromatic heterocycles. The van der Waals surface area contributed by atoms with Gasteiger partial charge >= 0.3 is 0 Å². The summed E-state index contributed by atoms with van der Waals surface area (Å²) in [6.07, 6.45) is 4.70. The van der Waals surface area contributed by atoms with Crippen LogP contribution in [-0.2, 0) is 4.79 Å². The van der Waals surface area contributed by atoms with Crippen molar-refractivity contribution in [3.63, 3.8) is 0 Å². The lowest BCUT2D eigenvalue weighted by Crippen LogP contribution is -2.27. The van der Waals surface area contributed by atoms with Crippen LogP contribution >= 0.6 is 27.3 Å². The number of carbonyl (C=O) groups excluding carboxylic acids is 1. The molecule has 0 aliphatic carbocycles. The quantitative estimate of drug-likeness (QED) is 0.684. The van der Waals surface area contributed by atoms with Crippen molar-refractivity contribution in [3.05, 3.63) is 39.0 Å². The van der Waals surface area contributed by atoms with E-state index in [1.807, 2.05) is 0 Å². The number of hydrogen-bond donors (Lipinski definition) is 1. The number of carbonyl (C=O) groups is 1. The van der Waals surface area contributed by atoms with Gasteiger partial charge in [-0.1, -0.05) is 0 Å². The molecule has 0 aromatic carbocycles. The van der Waals surface area contributed by atoms with Crippen LogP contribution in [0.5, 0.6) is 0 Å². The summed E-state index contributed by atoms with van der Waals surface area (Å²) in [6.45, 7) is 1.70. The van der Waals surface area contributed by atoms with Gasteiger partial charge in [0.1, 0.15) is 6.04 Å². The molecular formula is C11H10BrFN4OS. The highest BCUT2D eigenvalue weighted by Gasteiger charge is 2.14. The van der Waals surface area contributed by atoms with E-state index >= 15 is 0 Å². The number of thiophene rings is 1. The average Bonchev–Trinajstić information content (AvgIpc) is 2.97. The standard InChI is InChI=1S/C11H10BrFN4OS/c1-7(17-6-8(12)4-15-17)11(18)16-14-5-9-2-3-10(13)19-9/h2-7H,1H3,(H,16,18)/b14-5+. The van der Waals surface area contributed by atoms with E-state index in [9.17, 15) is 9.18 Å². The minimum absolute atomic E-state index is 0.289.